The molecule has 1 N–H and O–H groups in total. The molecule has 3 rings (SSSR count). The second-order valence-corrected chi connectivity index (χ2v) is 8.45. The Labute approximate surface area is 154 Å². The maximum absolute atomic E-state index is 12.8. The van der Waals surface area contributed by atoms with Crippen LogP contribution in [0.3, 0.4) is 0 Å². The molecule has 0 fully saturated rings. The normalized spacial score (nSPS) is 11.3. The number of anilines is 1. The maximum atomic E-state index is 12.8. The van der Waals surface area contributed by atoms with E-state index in [1.54, 1.807) is 23.6 Å². The number of rotatable bonds is 3. The van der Waals surface area contributed by atoms with Crippen molar-refractivity contribution in [2.75, 3.05) is 5.32 Å². The lowest BCUT2D eigenvalue weighted by Crippen LogP contribution is -2.24. The van der Waals surface area contributed by atoms with Gasteiger partial charge in [-0.15, -0.1) is 11.3 Å². The number of carbonyl (C=O) groups is 1. The molecule has 25 heavy (non-hydrogen) atoms. The van der Waals surface area contributed by atoms with Gasteiger partial charge < -0.3 is 9.88 Å². The molecule has 5 nitrogen and oxygen atoms in total. The molecule has 128 valence electrons. The van der Waals surface area contributed by atoms with Crippen molar-refractivity contribution >= 4 is 34.4 Å². The predicted molar refractivity (Wildman–Crippen MR) is 102 cm³/mol. The van der Waals surface area contributed by atoms with Crippen molar-refractivity contribution in [3.8, 4) is 16.6 Å². The van der Waals surface area contributed by atoms with E-state index in [0.29, 0.717) is 22.0 Å². The zero-order valence-corrected chi connectivity index (χ0v) is 16.1. The van der Waals surface area contributed by atoms with Gasteiger partial charge in [0.2, 0.25) is 0 Å². The van der Waals surface area contributed by atoms with Crippen LogP contribution in [0, 0.1) is 18.3 Å². The summed E-state index contributed by atoms with van der Waals surface area (Å²) in [7, 11) is 0. The lowest BCUT2D eigenvalue weighted by molar-refractivity contribution is 0.102. The second-order valence-electron chi connectivity index (χ2n) is 6.67. The summed E-state index contributed by atoms with van der Waals surface area (Å²) in [6.45, 7) is 7.91. The number of carbonyl (C=O) groups excluding carboxylic acids is 1. The Balaban J connectivity index is 1.91. The summed E-state index contributed by atoms with van der Waals surface area (Å²) in [6, 6.07) is 5.81. The predicted octanol–water partition coefficient (Wildman–Crippen LogP) is 4.86. The van der Waals surface area contributed by atoms with Gasteiger partial charge in [-0.05, 0) is 45.2 Å². The topological polar surface area (TPSA) is 70.7 Å². The van der Waals surface area contributed by atoms with Crippen LogP contribution in [0.25, 0.3) is 10.6 Å². The minimum Gasteiger partial charge on any atom is -0.328 e. The number of aromatic nitrogens is 2. The number of thiazole rings is 1. The minimum atomic E-state index is -0.248. The molecule has 0 aromatic carbocycles. The van der Waals surface area contributed by atoms with Crippen molar-refractivity contribution < 1.29 is 4.79 Å². The van der Waals surface area contributed by atoms with Crippen molar-refractivity contribution in [2.45, 2.75) is 33.2 Å². The molecule has 0 spiro atoms. The van der Waals surface area contributed by atoms with E-state index in [4.69, 9.17) is 5.26 Å². The highest BCUT2D eigenvalue weighted by Gasteiger charge is 2.22. The van der Waals surface area contributed by atoms with E-state index in [1.807, 2.05) is 49.1 Å². The van der Waals surface area contributed by atoms with Gasteiger partial charge in [-0.3, -0.25) is 4.79 Å². The molecule has 1 amide bonds. The highest BCUT2D eigenvalue weighted by molar-refractivity contribution is 7.17. The molecule has 0 radical (unpaired) electrons. The number of nitriles is 1. The first-order valence-corrected chi connectivity index (χ1v) is 9.50. The van der Waals surface area contributed by atoms with E-state index in [9.17, 15) is 4.79 Å². The third-order valence-electron chi connectivity index (χ3n) is 3.68. The Morgan fingerprint density at radius 1 is 1.40 bits per heavy atom. The largest absolute Gasteiger partial charge is 0.328 e. The fourth-order valence-electron chi connectivity index (χ4n) is 2.46. The van der Waals surface area contributed by atoms with Crippen molar-refractivity contribution in [3.63, 3.8) is 0 Å². The Kier molecular flexibility index (Phi) is 4.50. The van der Waals surface area contributed by atoms with Crippen molar-refractivity contribution in [3.05, 3.63) is 45.2 Å². The van der Waals surface area contributed by atoms with E-state index >= 15 is 0 Å². The standard InChI is InChI=1S/C18H18N4OS2/c1-11-15(25-17(20-11)13-5-6-24-10-13)16(23)21-14-7-12(8-19)9-22(14)18(2,3)4/h5-7,9-10H,1-4H3,(H,21,23). The number of hydrogen-bond donors (Lipinski definition) is 1. The maximum Gasteiger partial charge on any atom is 0.268 e. The van der Waals surface area contributed by atoms with Gasteiger partial charge in [0.05, 0.1) is 11.3 Å². The second kappa shape index (κ2) is 6.47. The SMILES string of the molecule is Cc1nc(-c2ccsc2)sc1C(=O)Nc1cc(C#N)cn1C(C)(C)C. The van der Waals surface area contributed by atoms with Crippen LogP contribution in [-0.2, 0) is 5.54 Å². The highest BCUT2D eigenvalue weighted by Crippen LogP contribution is 2.30. The van der Waals surface area contributed by atoms with E-state index in [2.05, 4.69) is 16.4 Å². The first-order chi connectivity index (χ1) is 11.8. The monoisotopic (exact) mass is 370 g/mol. The number of nitrogens with zero attached hydrogens (tertiary/aromatic N) is 3. The average molecular weight is 371 g/mol. The lowest BCUT2D eigenvalue weighted by Gasteiger charge is -2.24. The van der Waals surface area contributed by atoms with Gasteiger partial charge in [-0.2, -0.15) is 16.6 Å². The molecule has 0 saturated carbocycles. The van der Waals surface area contributed by atoms with Crippen LogP contribution in [0.2, 0.25) is 0 Å². The fourth-order valence-corrected chi connectivity index (χ4v) is 4.14. The van der Waals surface area contributed by atoms with Gasteiger partial charge in [0.15, 0.2) is 0 Å². The molecule has 0 aliphatic rings. The summed E-state index contributed by atoms with van der Waals surface area (Å²) in [5.41, 5.74) is 2.01. The molecule has 3 aromatic rings. The summed E-state index contributed by atoms with van der Waals surface area (Å²) in [5.74, 6) is 0.406. The molecule has 0 atom stereocenters. The first-order valence-electron chi connectivity index (χ1n) is 7.74. The Hall–Kier alpha value is -2.43. The first kappa shape index (κ1) is 17.4. The molecule has 0 aliphatic carbocycles. The van der Waals surface area contributed by atoms with Gasteiger partial charge >= 0.3 is 0 Å². The molecule has 3 aromatic heterocycles. The van der Waals surface area contributed by atoms with Gasteiger partial charge in [-0.25, -0.2) is 4.98 Å². The fraction of sp³-hybridized carbons (Fsp3) is 0.278. The van der Waals surface area contributed by atoms with Crippen LogP contribution in [-0.4, -0.2) is 15.5 Å². The van der Waals surface area contributed by atoms with Gasteiger partial charge in [-0.1, -0.05) is 0 Å². The highest BCUT2D eigenvalue weighted by atomic mass is 32.1. The van der Waals surface area contributed by atoms with Gasteiger partial charge in [0.1, 0.15) is 21.8 Å². The summed E-state index contributed by atoms with van der Waals surface area (Å²) in [4.78, 5) is 17.9. The summed E-state index contributed by atoms with van der Waals surface area (Å²) < 4.78 is 1.90. The van der Waals surface area contributed by atoms with Crippen LogP contribution in [0.15, 0.2) is 29.1 Å². The average Bonchev–Trinajstić information content (AvgIpc) is 3.24. The molecule has 0 unspecified atom stereocenters. The van der Waals surface area contributed by atoms with E-state index in [-0.39, 0.29) is 11.4 Å². The summed E-state index contributed by atoms with van der Waals surface area (Å²) >= 11 is 2.98. The zero-order chi connectivity index (χ0) is 18.2. The zero-order valence-electron chi connectivity index (χ0n) is 14.5. The third-order valence-corrected chi connectivity index (χ3v) is 5.57. The molecule has 3 heterocycles. The molecular formula is C18H18N4OS2. The van der Waals surface area contributed by atoms with Gasteiger partial charge in [0.25, 0.3) is 5.91 Å². The smallest absolute Gasteiger partial charge is 0.268 e. The quantitative estimate of drug-likeness (QED) is 0.715. The van der Waals surface area contributed by atoms with Gasteiger partial charge in [0, 0.05) is 22.7 Å². The molecule has 0 bridgehead atoms. The number of hydrogen-bond acceptors (Lipinski definition) is 5. The molecule has 0 aliphatic heterocycles. The third kappa shape index (κ3) is 3.50. The van der Waals surface area contributed by atoms with E-state index in [0.717, 1.165) is 10.6 Å². The van der Waals surface area contributed by atoms with Crippen molar-refractivity contribution in [1.29, 1.82) is 5.26 Å². The van der Waals surface area contributed by atoms with E-state index < -0.39 is 0 Å². The summed E-state index contributed by atoms with van der Waals surface area (Å²) in [5, 5.41) is 16.9. The Morgan fingerprint density at radius 2 is 2.16 bits per heavy atom. The van der Waals surface area contributed by atoms with E-state index in [1.165, 1.54) is 11.3 Å². The minimum absolute atomic E-state index is 0.204. The van der Waals surface area contributed by atoms with Crippen molar-refractivity contribution in [2.24, 2.45) is 0 Å². The Bertz CT molecular complexity index is 953. The lowest BCUT2D eigenvalue weighted by atomic mass is 10.1. The summed E-state index contributed by atoms with van der Waals surface area (Å²) in [6.07, 6.45) is 1.76. The number of thiophene rings is 1. The van der Waals surface area contributed by atoms with Crippen molar-refractivity contribution in [1.82, 2.24) is 9.55 Å². The van der Waals surface area contributed by atoms with Crippen LogP contribution in [0.1, 0.15) is 41.7 Å². The number of amides is 1. The van der Waals surface area contributed by atoms with Crippen LogP contribution >= 0.6 is 22.7 Å². The molecule has 7 heteroatoms. The Morgan fingerprint density at radius 3 is 2.76 bits per heavy atom. The van der Waals surface area contributed by atoms with Crippen LogP contribution in [0.5, 0.6) is 0 Å². The molecule has 0 saturated heterocycles. The molecular weight excluding hydrogens is 352 g/mol. The van der Waals surface area contributed by atoms with Crippen LogP contribution in [0.4, 0.5) is 5.82 Å². The number of nitrogens with one attached hydrogen (secondary N) is 1. The number of aryl methyl sites for hydroxylation is 1. The van der Waals surface area contributed by atoms with Crippen LogP contribution < -0.4 is 5.32 Å².